The molecule has 0 radical (unpaired) electrons. The number of rotatable bonds is 5. The maximum absolute atomic E-state index is 6.12. The average molecular weight is 346 g/mol. The van der Waals surface area contributed by atoms with Crippen LogP contribution in [-0.2, 0) is 13.0 Å². The van der Waals surface area contributed by atoms with E-state index >= 15 is 0 Å². The number of nitrogens with one attached hydrogen (secondary N) is 1. The van der Waals surface area contributed by atoms with Gasteiger partial charge in [0.1, 0.15) is 5.75 Å². The number of aromatic nitrogens is 1. The summed E-state index contributed by atoms with van der Waals surface area (Å²) >= 11 is 18.0. The summed E-state index contributed by atoms with van der Waals surface area (Å²) in [6, 6.07) is 7.05. The van der Waals surface area contributed by atoms with Crippen molar-refractivity contribution in [2.75, 3.05) is 7.05 Å². The van der Waals surface area contributed by atoms with Crippen LogP contribution < -0.4 is 10.1 Å². The molecule has 1 heterocycles. The zero-order chi connectivity index (χ0) is 15.4. The Labute approximate surface area is 139 Å². The first-order chi connectivity index (χ1) is 10.0. The Balaban J connectivity index is 2.34. The van der Waals surface area contributed by atoms with Crippen LogP contribution in [-0.4, -0.2) is 12.0 Å². The molecule has 1 aromatic carbocycles. The standard InChI is InChI=1S/C15H15Cl3N2O/c1-3-10-4-9(8-19-2)5-15(20-10)21-14-7-12(17)11(16)6-13(14)18/h4-7,19H,3,8H2,1-2H3. The van der Waals surface area contributed by atoms with Crippen LogP contribution in [0.5, 0.6) is 11.6 Å². The summed E-state index contributed by atoms with van der Waals surface area (Å²) in [4.78, 5) is 4.44. The Morgan fingerprint density at radius 1 is 1.05 bits per heavy atom. The van der Waals surface area contributed by atoms with Crippen molar-refractivity contribution >= 4 is 34.8 Å². The van der Waals surface area contributed by atoms with Crippen molar-refractivity contribution in [1.29, 1.82) is 0 Å². The van der Waals surface area contributed by atoms with Crippen LogP contribution in [0.2, 0.25) is 15.1 Å². The van der Waals surface area contributed by atoms with E-state index in [2.05, 4.69) is 10.3 Å². The molecule has 6 heteroatoms. The van der Waals surface area contributed by atoms with E-state index in [1.54, 1.807) is 12.1 Å². The molecule has 0 amide bonds. The third-order valence-corrected chi connectivity index (χ3v) is 3.86. The van der Waals surface area contributed by atoms with Gasteiger partial charge in [0, 0.05) is 24.4 Å². The maximum atomic E-state index is 6.12. The van der Waals surface area contributed by atoms with Gasteiger partial charge in [-0.25, -0.2) is 4.98 Å². The molecule has 0 atom stereocenters. The lowest BCUT2D eigenvalue weighted by Gasteiger charge is -2.11. The number of hydrogen-bond donors (Lipinski definition) is 1. The molecular weight excluding hydrogens is 331 g/mol. The van der Waals surface area contributed by atoms with E-state index in [1.807, 2.05) is 26.1 Å². The molecule has 0 aliphatic carbocycles. The molecule has 1 aromatic heterocycles. The van der Waals surface area contributed by atoms with Crippen LogP contribution in [0.3, 0.4) is 0 Å². The average Bonchev–Trinajstić information content (AvgIpc) is 2.45. The van der Waals surface area contributed by atoms with Crippen molar-refractivity contribution in [3.05, 3.63) is 50.6 Å². The predicted octanol–water partition coefficient (Wildman–Crippen LogP) is 5.12. The van der Waals surface area contributed by atoms with Crippen molar-refractivity contribution in [2.24, 2.45) is 0 Å². The zero-order valence-electron chi connectivity index (χ0n) is 11.7. The highest BCUT2D eigenvalue weighted by atomic mass is 35.5. The normalized spacial score (nSPS) is 10.7. The van der Waals surface area contributed by atoms with E-state index in [-0.39, 0.29) is 0 Å². The van der Waals surface area contributed by atoms with Gasteiger partial charge in [-0.15, -0.1) is 0 Å². The first-order valence-electron chi connectivity index (χ1n) is 6.50. The van der Waals surface area contributed by atoms with Crippen LogP contribution in [0.4, 0.5) is 0 Å². The van der Waals surface area contributed by atoms with Crippen molar-refractivity contribution in [3.8, 4) is 11.6 Å². The molecule has 2 rings (SSSR count). The molecule has 0 spiro atoms. The number of benzene rings is 1. The summed E-state index contributed by atoms with van der Waals surface area (Å²) in [5.41, 5.74) is 2.05. The van der Waals surface area contributed by atoms with E-state index in [0.717, 1.165) is 24.2 Å². The Bertz CT molecular complexity index is 647. The molecule has 3 nitrogen and oxygen atoms in total. The highest BCUT2D eigenvalue weighted by Crippen LogP contribution is 2.36. The second kappa shape index (κ2) is 7.32. The van der Waals surface area contributed by atoms with Gasteiger partial charge in [-0.3, -0.25) is 0 Å². The Morgan fingerprint density at radius 2 is 1.76 bits per heavy atom. The molecular formula is C15H15Cl3N2O. The molecule has 0 fully saturated rings. The first-order valence-corrected chi connectivity index (χ1v) is 7.63. The van der Waals surface area contributed by atoms with E-state index in [0.29, 0.717) is 26.7 Å². The van der Waals surface area contributed by atoms with E-state index < -0.39 is 0 Å². The van der Waals surface area contributed by atoms with E-state index in [1.165, 1.54) is 0 Å². The number of aryl methyl sites for hydroxylation is 1. The van der Waals surface area contributed by atoms with Crippen molar-refractivity contribution in [1.82, 2.24) is 10.3 Å². The lowest BCUT2D eigenvalue weighted by molar-refractivity contribution is 0.460. The molecule has 0 aliphatic heterocycles. The van der Waals surface area contributed by atoms with Gasteiger partial charge in [0.15, 0.2) is 0 Å². The third-order valence-electron chi connectivity index (χ3n) is 2.85. The van der Waals surface area contributed by atoms with Gasteiger partial charge in [0.2, 0.25) is 5.88 Å². The minimum absolute atomic E-state index is 0.387. The van der Waals surface area contributed by atoms with E-state index in [4.69, 9.17) is 39.5 Å². The van der Waals surface area contributed by atoms with Crippen molar-refractivity contribution in [3.63, 3.8) is 0 Å². The van der Waals surface area contributed by atoms with Gasteiger partial charge in [0.25, 0.3) is 0 Å². The van der Waals surface area contributed by atoms with Crippen molar-refractivity contribution in [2.45, 2.75) is 19.9 Å². The molecule has 112 valence electrons. The fourth-order valence-electron chi connectivity index (χ4n) is 1.86. The van der Waals surface area contributed by atoms with Gasteiger partial charge in [-0.05, 0) is 31.2 Å². The summed E-state index contributed by atoms with van der Waals surface area (Å²) in [7, 11) is 1.89. The molecule has 0 unspecified atom stereocenters. The SMILES string of the molecule is CCc1cc(CNC)cc(Oc2cc(Cl)c(Cl)cc2Cl)n1. The number of pyridine rings is 1. The lowest BCUT2D eigenvalue weighted by Crippen LogP contribution is -2.06. The fraction of sp³-hybridized carbons (Fsp3) is 0.267. The Kier molecular flexibility index (Phi) is 5.71. The summed E-state index contributed by atoms with van der Waals surface area (Å²) in [6.45, 7) is 2.78. The largest absolute Gasteiger partial charge is 0.437 e. The molecule has 0 saturated carbocycles. The van der Waals surface area contributed by atoms with Gasteiger partial charge in [0.05, 0.1) is 15.1 Å². The van der Waals surface area contributed by atoms with Crippen LogP contribution in [0.15, 0.2) is 24.3 Å². The first kappa shape index (κ1) is 16.4. The summed E-state index contributed by atoms with van der Waals surface area (Å²) in [5.74, 6) is 0.919. The molecule has 0 aliphatic rings. The van der Waals surface area contributed by atoms with Gasteiger partial charge >= 0.3 is 0 Å². The smallest absolute Gasteiger partial charge is 0.219 e. The Hall–Kier alpha value is -1.000. The second-order valence-corrected chi connectivity index (χ2v) is 5.71. The molecule has 1 N–H and O–H groups in total. The minimum atomic E-state index is 0.387. The molecule has 0 bridgehead atoms. The number of hydrogen-bond acceptors (Lipinski definition) is 3. The summed E-state index contributed by atoms with van der Waals surface area (Å²) in [6.07, 6.45) is 0.822. The lowest BCUT2D eigenvalue weighted by atomic mass is 10.2. The van der Waals surface area contributed by atoms with Gasteiger partial charge in [-0.2, -0.15) is 0 Å². The van der Waals surface area contributed by atoms with Crippen LogP contribution in [0, 0.1) is 0 Å². The van der Waals surface area contributed by atoms with Gasteiger partial charge in [-0.1, -0.05) is 41.7 Å². The number of ether oxygens (including phenoxy) is 1. The highest BCUT2D eigenvalue weighted by Gasteiger charge is 2.10. The van der Waals surface area contributed by atoms with Crippen LogP contribution in [0.1, 0.15) is 18.2 Å². The summed E-state index contributed by atoms with van der Waals surface area (Å²) in [5, 5.41) is 4.27. The Morgan fingerprint density at radius 3 is 2.43 bits per heavy atom. The van der Waals surface area contributed by atoms with Crippen molar-refractivity contribution < 1.29 is 4.74 Å². The fourth-order valence-corrected chi connectivity index (χ4v) is 2.43. The predicted molar refractivity (Wildman–Crippen MR) is 87.9 cm³/mol. The topological polar surface area (TPSA) is 34.1 Å². The maximum Gasteiger partial charge on any atom is 0.219 e. The van der Waals surface area contributed by atoms with E-state index in [9.17, 15) is 0 Å². The second-order valence-electron chi connectivity index (χ2n) is 4.49. The molecule has 21 heavy (non-hydrogen) atoms. The monoisotopic (exact) mass is 344 g/mol. The number of halogens is 3. The molecule has 2 aromatic rings. The van der Waals surface area contributed by atoms with Crippen LogP contribution >= 0.6 is 34.8 Å². The molecule has 0 saturated heterocycles. The minimum Gasteiger partial charge on any atom is -0.437 e. The quantitative estimate of drug-likeness (QED) is 0.764. The summed E-state index contributed by atoms with van der Waals surface area (Å²) < 4.78 is 5.76. The van der Waals surface area contributed by atoms with Gasteiger partial charge < -0.3 is 10.1 Å². The zero-order valence-corrected chi connectivity index (χ0v) is 14.0. The van der Waals surface area contributed by atoms with Crippen LogP contribution in [0.25, 0.3) is 0 Å². The number of nitrogens with zero attached hydrogens (tertiary/aromatic N) is 1. The third kappa shape index (κ3) is 4.24. The highest BCUT2D eigenvalue weighted by molar-refractivity contribution is 6.43.